The Balaban J connectivity index is 1.64. The maximum Gasteiger partial charge on any atom is 0.143 e. The highest BCUT2D eigenvalue weighted by Crippen LogP contribution is 2.57. The number of fused-ring (bicyclic) bond motifs is 11. The minimum absolute atomic E-state index is 0.0549. The van der Waals surface area contributed by atoms with Gasteiger partial charge < -0.3 is 4.42 Å². The zero-order valence-electron chi connectivity index (χ0n) is 16.5. The van der Waals surface area contributed by atoms with Gasteiger partial charge in [-0.15, -0.1) is 0 Å². The molecule has 0 saturated carbocycles. The van der Waals surface area contributed by atoms with Crippen LogP contribution in [0.1, 0.15) is 36.1 Å². The normalized spacial score (nSPS) is 15.4. The minimum Gasteiger partial charge on any atom is -0.455 e. The lowest BCUT2D eigenvalue weighted by atomic mass is 9.78. The molecule has 1 nitrogen and oxygen atoms in total. The van der Waals surface area contributed by atoms with Crippen LogP contribution in [-0.4, -0.2) is 0 Å². The zero-order chi connectivity index (χ0) is 19.3. The highest BCUT2D eigenvalue weighted by Gasteiger charge is 2.41. The summed E-state index contributed by atoms with van der Waals surface area (Å²) in [6, 6.07) is 26.5. The van der Waals surface area contributed by atoms with Crippen LogP contribution in [0.2, 0.25) is 0 Å². The number of para-hydroxylation sites is 1. The monoisotopic (exact) mass is 372 g/mol. The van der Waals surface area contributed by atoms with Gasteiger partial charge in [-0.1, -0.05) is 80.6 Å². The first-order chi connectivity index (χ1) is 14.1. The zero-order valence-corrected chi connectivity index (χ0v) is 16.5. The number of rotatable bonds is 0. The van der Waals surface area contributed by atoms with E-state index in [2.05, 4.69) is 80.6 Å². The Bertz CT molecular complexity index is 1500. The Hall–Kier alpha value is -3.32. The van der Waals surface area contributed by atoms with Crippen LogP contribution >= 0.6 is 0 Å². The van der Waals surface area contributed by atoms with E-state index in [9.17, 15) is 0 Å². The first kappa shape index (κ1) is 15.6. The number of benzene rings is 4. The molecule has 0 aliphatic heterocycles. The highest BCUT2D eigenvalue weighted by molar-refractivity contribution is 6.12. The first-order valence-corrected chi connectivity index (χ1v) is 10.3. The standard InChI is InChI=1S/C28H20O/c1-28(2)22-14-13-20-19-9-5-6-10-23(19)29-27(20)25(22)21-12-11-17-15-16-7-3-4-8-18(16)24(17)26(21)28/h3-14H,15H2,1-2H3. The molecule has 138 valence electrons. The number of furan rings is 1. The van der Waals surface area contributed by atoms with Crippen molar-refractivity contribution in [2.45, 2.75) is 25.7 Å². The molecule has 1 heterocycles. The topological polar surface area (TPSA) is 13.1 Å². The van der Waals surface area contributed by atoms with Crippen molar-refractivity contribution in [2.75, 3.05) is 0 Å². The average Bonchev–Trinajstić information content (AvgIpc) is 3.36. The van der Waals surface area contributed by atoms with Crippen LogP contribution < -0.4 is 0 Å². The molecule has 4 aromatic carbocycles. The molecule has 2 aliphatic rings. The Labute approximate surface area is 169 Å². The van der Waals surface area contributed by atoms with Crippen LogP contribution in [0.25, 0.3) is 44.2 Å². The number of hydrogen-bond donors (Lipinski definition) is 0. The second kappa shape index (κ2) is 4.99. The van der Waals surface area contributed by atoms with Gasteiger partial charge >= 0.3 is 0 Å². The van der Waals surface area contributed by atoms with E-state index in [1.807, 2.05) is 6.07 Å². The average molecular weight is 372 g/mol. The maximum atomic E-state index is 6.43. The van der Waals surface area contributed by atoms with Crippen molar-refractivity contribution < 1.29 is 4.42 Å². The Morgan fingerprint density at radius 1 is 0.690 bits per heavy atom. The first-order valence-electron chi connectivity index (χ1n) is 10.3. The van der Waals surface area contributed by atoms with Crippen molar-refractivity contribution in [3.05, 3.63) is 95.1 Å². The van der Waals surface area contributed by atoms with Gasteiger partial charge in [-0.25, -0.2) is 0 Å². The van der Waals surface area contributed by atoms with Crippen LogP contribution in [0.3, 0.4) is 0 Å². The van der Waals surface area contributed by atoms with Crippen molar-refractivity contribution >= 4 is 21.9 Å². The maximum absolute atomic E-state index is 6.43. The summed E-state index contributed by atoms with van der Waals surface area (Å²) < 4.78 is 6.43. The summed E-state index contributed by atoms with van der Waals surface area (Å²) in [6.07, 6.45) is 1.03. The second-order valence-corrected chi connectivity index (χ2v) is 8.94. The Morgan fingerprint density at radius 2 is 1.52 bits per heavy atom. The van der Waals surface area contributed by atoms with Crippen molar-refractivity contribution in [3.8, 4) is 22.3 Å². The summed E-state index contributed by atoms with van der Waals surface area (Å²) in [5, 5.41) is 2.41. The second-order valence-electron chi connectivity index (χ2n) is 8.94. The molecule has 7 rings (SSSR count). The summed E-state index contributed by atoms with van der Waals surface area (Å²) in [6.45, 7) is 4.74. The van der Waals surface area contributed by atoms with Gasteiger partial charge in [-0.2, -0.15) is 0 Å². The third kappa shape index (κ3) is 1.77. The molecule has 5 aromatic rings. The van der Waals surface area contributed by atoms with E-state index >= 15 is 0 Å². The van der Waals surface area contributed by atoms with Gasteiger partial charge in [0.1, 0.15) is 11.2 Å². The predicted octanol–water partition coefficient (Wildman–Crippen LogP) is 7.46. The van der Waals surface area contributed by atoms with E-state index in [0.29, 0.717) is 0 Å². The van der Waals surface area contributed by atoms with E-state index in [1.54, 1.807) is 0 Å². The molecular formula is C28H20O. The van der Waals surface area contributed by atoms with E-state index in [0.717, 1.165) is 17.6 Å². The van der Waals surface area contributed by atoms with E-state index in [-0.39, 0.29) is 5.41 Å². The smallest absolute Gasteiger partial charge is 0.143 e. The van der Waals surface area contributed by atoms with Gasteiger partial charge in [0.2, 0.25) is 0 Å². The molecule has 0 amide bonds. The molecule has 0 bridgehead atoms. The van der Waals surface area contributed by atoms with Crippen molar-refractivity contribution in [1.82, 2.24) is 0 Å². The SMILES string of the molecule is CC1(C)c2ccc3c(oc4ccccc43)c2-c2ccc3c(c21)-c1ccccc1C3. The molecular weight excluding hydrogens is 352 g/mol. The minimum atomic E-state index is -0.0549. The molecule has 0 N–H and O–H groups in total. The summed E-state index contributed by atoms with van der Waals surface area (Å²) in [7, 11) is 0. The molecule has 0 saturated heterocycles. The molecule has 0 fully saturated rings. The lowest BCUT2D eigenvalue weighted by Crippen LogP contribution is -2.16. The van der Waals surface area contributed by atoms with Gasteiger partial charge in [0.05, 0.1) is 0 Å². The van der Waals surface area contributed by atoms with Crippen molar-refractivity contribution in [2.24, 2.45) is 0 Å². The molecule has 1 aromatic heterocycles. The molecule has 29 heavy (non-hydrogen) atoms. The fourth-order valence-electron chi connectivity index (χ4n) is 5.79. The third-order valence-electron chi connectivity index (χ3n) is 7.07. The van der Waals surface area contributed by atoms with Crippen LogP contribution in [0, 0.1) is 0 Å². The lowest BCUT2D eigenvalue weighted by Gasteiger charge is -2.24. The fourth-order valence-corrected chi connectivity index (χ4v) is 5.79. The molecule has 0 spiro atoms. The number of hydrogen-bond acceptors (Lipinski definition) is 1. The van der Waals surface area contributed by atoms with Crippen LogP contribution in [0.15, 0.2) is 77.2 Å². The van der Waals surface area contributed by atoms with Crippen molar-refractivity contribution in [1.29, 1.82) is 0 Å². The third-order valence-corrected chi connectivity index (χ3v) is 7.07. The van der Waals surface area contributed by atoms with Gasteiger partial charge in [0, 0.05) is 21.8 Å². The van der Waals surface area contributed by atoms with E-state index < -0.39 is 0 Å². The van der Waals surface area contributed by atoms with Gasteiger partial charge in [0.15, 0.2) is 0 Å². The Kier molecular flexibility index (Phi) is 2.68. The summed E-state index contributed by atoms with van der Waals surface area (Å²) >= 11 is 0. The molecule has 2 aliphatic carbocycles. The molecule has 0 radical (unpaired) electrons. The van der Waals surface area contributed by atoms with Crippen molar-refractivity contribution in [3.63, 3.8) is 0 Å². The fraction of sp³-hybridized carbons (Fsp3) is 0.143. The summed E-state index contributed by atoms with van der Waals surface area (Å²) in [5.41, 5.74) is 13.1. The Morgan fingerprint density at radius 3 is 2.45 bits per heavy atom. The van der Waals surface area contributed by atoms with Crippen LogP contribution in [0.4, 0.5) is 0 Å². The summed E-state index contributed by atoms with van der Waals surface area (Å²) in [5.74, 6) is 0. The van der Waals surface area contributed by atoms with Gasteiger partial charge in [0.25, 0.3) is 0 Å². The molecule has 1 heteroatoms. The molecule has 0 atom stereocenters. The lowest BCUT2D eigenvalue weighted by molar-refractivity contribution is 0.654. The van der Waals surface area contributed by atoms with Crippen LogP contribution in [0.5, 0.6) is 0 Å². The predicted molar refractivity (Wildman–Crippen MR) is 120 cm³/mol. The highest BCUT2D eigenvalue weighted by atomic mass is 16.3. The summed E-state index contributed by atoms with van der Waals surface area (Å²) in [4.78, 5) is 0. The van der Waals surface area contributed by atoms with Gasteiger partial charge in [-0.3, -0.25) is 0 Å². The largest absolute Gasteiger partial charge is 0.455 e. The van der Waals surface area contributed by atoms with E-state index in [4.69, 9.17) is 4.42 Å². The van der Waals surface area contributed by atoms with E-state index in [1.165, 1.54) is 55.3 Å². The molecule has 0 unspecified atom stereocenters. The van der Waals surface area contributed by atoms with Crippen LogP contribution in [-0.2, 0) is 11.8 Å². The van der Waals surface area contributed by atoms with Gasteiger partial charge in [-0.05, 0) is 51.4 Å². The quantitative estimate of drug-likeness (QED) is 0.270.